The van der Waals surface area contributed by atoms with Gasteiger partial charge >= 0.3 is 5.97 Å². The highest BCUT2D eigenvalue weighted by atomic mass is 16.4. The van der Waals surface area contributed by atoms with E-state index in [0.717, 1.165) is 5.56 Å². The molecule has 0 spiro atoms. The lowest BCUT2D eigenvalue weighted by Crippen LogP contribution is -2.62. The molecule has 0 aromatic heterocycles. The fraction of sp³-hybridized carbons (Fsp3) is 0.618. The summed E-state index contributed by atoms with van der Waals surface area (Å²) in [6.45, 7) is 9.98. The number of rotatable bonds is 22. The van der Waals surface area contributed by atoms with Gasteiger partial charge in [-0.15, -0.1) is 0 Å². The number of carbonyl (C=O) groups is 6. The normalized spacial score (nSPS) is 15.8. The third kappa shape index (κ3) is 16.2. The molecular weight excluding hydrogens is 662 g/mol. The minimum Gasteiger partial charge on any atom is -0.480 e. The monoisotopic (exact) mass is 719 g/mol. The number of aliphatic hydroxyl groups is 1. The smallest absolute Gasteiger partial charge is 0.326 e. The van der Waals surface area contributed by atoms with Crippen LogP contribution in [0.4, 0.5) is 0 Å². The van der Waals surface area contributed by atoms with Crippen molar-refractivity contribution in [1.29, 1.82) is 0 Å². The predicted molar refractivity (Wildman–Crippen MR) is 192 cm³/mol. The van der Waals surface area contributed by atoms with E-state index in [1.54, 1.807) is 13.8 Å². The van der Waals surface area contributed by atoms with Crippen LogP contribution in [0.15, 0.2) is 35.3 Å². The Bertz CT molecular complexity index is 1340. The van der Waals surface area contributed by atoms with Crippen LogP contribution >= 0.6 is 0 Å². The molecule has 1 aromatic carbocycles. The molecule has 286 valence electrons. The van der Waals surface area contributed by atoms with E-state index in [2.05, 4.69) is 31.6 Å². The number of carboxylic acid groups (broad SMARTS) is 1. The molecule has 13 N–H and O–H groups in total. The minimum atomic E-state index is -1.52. The lowest BCUT2D eigenvalue weighted by molar-refractivity contribution is -0.142. The van der Waals surface area contributed by atoms with Crippen molar-refractivity contribution in [2.45, 2.75) is 116 Å². The van der Waals surface area contributed by atoms with Crippen LogP contribution in [0.3, 0.4) is 0 Å². The van der Waals surface area contributed by atoms with Gasteiger partial charge in [0.1, 0.15) is 30.2 Å². The number of aliphatic hydroxyl groups excluding tert-OH is 1. The van der Waals surface area contributed by atoms with Gasteiger partial charge in [-0.2, -0.15) is 0 Å². The van der Waals surface area contributed by atoms with Crippen molar-refractivity contribution in [3.8, 4) is 0 Å². The van der Waals surface area contributed by atoms with Crippen molar-refractivity contribution >= 4 is 41.5 Å². The third-order valence-corrected chi connectivity index (χ3v) is 8.14. The molecule has 5 amide bonds. The van der Waals surface area contributed by atoms with E-state index in [9.17, 15) is 39.0 Å². The van der Waals surface area contributed by atoms with Crippen molar-refractivity contribution < 1.29 is 39.0 Å². The molecule has 0 aliphatic carbocycles. The van der Waals surface area contributed by atoms with Gasteiger partial charge in [0.05, 0.1) is 12.1 Å². The molecule has 0 unspecified atom stereocenters. The number of benzene rings is 1. The van der Waals surface area contributed by atoms with Gasteiger partial charge in [0.25, 0.3) is 0 Å². The maximum atomic E-state index is 13.5. The summed E-state index contributed by atoms with van der Waals surface area (Å²) in [5.41, 5.74) is 17.5. The summed E-state index contributed by atoms with van der Waals surface area (Å²) in [5.74, 6) is -5.63. The Balaban J connectivity index is 3.02. The topological polar surface area (TPSA) is 293 Å². The molecular formula is C34H57N9O8. The van der Waals surface area contributed by atoms with Crippen LogP contribution in [0.5, 0.6) is 0 Å². The standard InChI is InChI=1S/C34H57N9O8/c1-7-19(4)26(31(48)39-20(5)28(45)40-24(33(50)51)14-11-15-38-34(36)37)42-32(49)27(21(6)44)43-30(47)25(16-18(2)3)41-29(46)23(35)17-22-12-9-8-10-13-22/h8-10,12-13,18-21,23-27,44H,7,11,14-17,35H2,1-6H3,(H,39,48)(H,40,45)(H,41,46)(H,42,49)(H,43,47)(H,50,51)(H4,36,37,38)/t19-,20-,21+,23-,24-,25-,26-,27-/m0/s1. The number of guanidine groups is 1. The van der Waals surface area contributed by atoms with Crippen molar-refractivity contribution in [2.24, 2.45) is 34.0 Å². The molecule has 17 heteroatoms. The number of nitrogens with two attached hydrogens (primary N) is 3. The molecule has 8 atom stereocenters. The summed E-state index contributed by atoms with van der Waals surface area (Å²) in [6, 6.07) is 1.93. The first kappa shape index (κ1) is 44.3. The first-order valence-electron chi connectivity index (χ1n) is 17.1. The Kier molecular flexibility index (Phi) is 19.2. The number of carboxylic acids is 1. The number of nitrogens with zero attached hydrogens (tertiary/aromatic N) is 1. The van der Waals surface area contributed by atoms with Gasteiger partial charge in [-0.05, 0) is 56.9 Å². The Labute approximate surface area is 299 Å². The summed E-state index contributed by atoms with van der Waals surface area (Å²) in [4.78, 5) is 81.6. The van der Waals surface area contributed by atoms with Crippen LogP contribution in [-0.2, 0) is 35.2 Å². The van der Waals surface area contributed by atoms with E-state index >= 15 is 0 Å². The molecule has 0 aliphatic rings. The number of aliphatic carboxylic acids is 1. The summed E-state index contributed by atoms with van der Waals surface area (Å²) >= 11 is 0. The molecule has 0 fully saturated rings. The molecule has 0 bridgehead atoms. The first-order chi connectivity index (χ1) is 23.9. The second-order valence-electron chi connectivity index (χ2n) is 13.2. The molecule has 17 nitrogen and oxygen atoms in total. The van der Waals surface area contributed by atoms with Gasteiger partial charge in [0, 0.05) is 6.54 Å². The average molecular weight is 720 g/mol. The first-order valence-corrected chi connectivity index (χ1v) is 17.1. The van der Waals surface area contributed by atoms with Gasteiger partial charge in [0.2, 0.25) is 29.5 Å². The van der Waals surface area contributed by atoms with Crippen LogP contribution in [0.2, 0.25) is 0 Å². The van der Waals surface area contributed by atoms with Crippen molar-refractivity contribution in [3.63, 3.8) is 0 Å². The second kappa shape index (κ2) is 22.1. The van der Waals surface area contributed by atoms with Crippen molar-refractivity contribution in [3.05, 3.63) is 35.9 Å². The Morgan fingerprint density at radius 2 is 1.33 bits per heavy atom. The quantitative estimate of drug-likeness (QED) is 0.0378. The molecule has 0 radical (unpaired) electrons. The highest BCUT2D eigenvalue weighted by molar-refractivity contribution is 5.96. The fourth-order valence-corrected chi connectivity index (χ4v) is 4.97. The second-order valence-corrected chi connectivity index (χ2v) is 13.2. The number of hydrogen-bond acceptors (Lipinski definition) is 9. The number of aliphatic imine (C=N–C) groups is 1. The largest absolute Gasteiger partial charge is 0.480 e. The van der Waals surface area contributed by atoms with E-state index in [1.807, 2.05) is 44.2 Å². The van der Waals surface area contributed by atoms with Crippen LogP contribution < -0.4 is 43.8 Å². The molecule has 51 heavy (non-hydrogen) atoms. The van der Waals surface area contributed by atoms with E-state index in [1.165, 1.54) is 13.8 Å². The van der Waals surface area contributed by atoms with Gasteiger partial charge in [-0.3, -0.25) is 29.0 Å². The number of amides is 5. The van der Waals surface area contributed by atoms with Crippen LogP contribution in [0.1, 0.15) is 72.8 Å². The number of hydrogen-bond donors (Lipinski definition) is 10. The Morgan fingerprint density at radius 1 is 0.765 bits per heavy atom. The van der Waals surface area contributed by atoms with E-state index in [-0.39, 0.29) is 44.1 Å². The molecule has 0 aliphatic heterocycles. The maximum Gasteiger partial charge on any atom is 0.326 e. The highest BCUT2D eigenvalue weighted by Gasteiger charge is 2.35. The van der Waals surface area contributed by atoms with Crippen LogP contribution in [0, 0.1) is 11.8 Å². The zero-order chi connectivity index (χ0) is 38.8. The van der Waals surface area contributed by atoms with E-state index in [4.69, 9.17) is 17.2 Å². The lowest BCUT2D eigenvalue weighted by Gasteiger charge is -2.30. The minimum absolute atomic E-state index is 0.0265. The van der Waals surface area contributed by atoms with Crippen molar-refractivity contribution in [2.75, 3.05) is 6.54 Å². The van der Waals surface area contributed by atoms with Crippen LogP contribution in [-0.4, -0.2) is 101 Å². The fourth-order valence-electron chi connectivity index (χ4n) is 4.97. The van der Waals surface area contributed by atoms with Gasteiger partial charge in [0.15, 0.2) is 5.96 Å². The SMILES string of the molecule is CC[C@H](C)[C@H](NC(=O)[C@@H](NC(=O)[C@H](CC(C)C)NC(=O)[C@@H](N)Cc1ccccc1)[C@@H](C)O)C(=O)N[C@@H](C)C(=O)N[C@@H](CCCN=C(N)N)C(=O)O. The summed E-state index contributed by atoms with van der Waals surface area (Å²) in [7, 11) is 0. The third-order valence-electron chi connectivity index (χ3n) is 8.14. The molecule has 0 saturated carbocycles. The number of carbonyl (C=O) groups excluding carboxylic acids is 5. The molecule has 0 saturated heterocycles. The van der Waals surface area contributed by atoms with Gasteiger partial charge < -0.3 is 54.0 Å². The maximum absolute atomic E-state index is 13.5. The average Bonchev–Trinajstić information content (AvgIpc) is 3.05. The van der Waals surface area contributed by atoms with E-state index in [0.29, 0.717) is 6.42 Å². The number of nitrogens with one attached hydrogen (secondary N) is 5. The summed E-state index contributed by atoms with van der Waals surface area (Å²) in [6.07, 6.45) is -0.241. The van der Waals surface area contributed by atoms with Gasteiger partial charge in [-0.1, -0.05) is 64.4 Å². The lowest BCUT2D eigenvalue weighted by atomic mass is 9.97. The Hall–Kier alpha value is -4.77. The van der Waals surface area contributed by atoms with Gasteiger partial charge in [-0.25, -0.2) is 4.79 Å². The van der Waals surface area contributed by atoms with Crippen molar-refractivity contribution in [1.82, 2.24) is 26.6 Å². The van der Waals surface area contributed by atoms with Crippen LogP contribution in [0.25, 0.3) is 0 Å². The summed E-state index contributed by atoms with van der Waals surface area (Å²) in [5, 5.41) is 32.7. The highest BCUT2D eigenvalue weighted by Crippen LogP contribution is 2.11. The zero-order valence-electron chi connectivity index (χ0n) is 30.3. The Morgan fingerprint density at radius 3 is 1.86 bits per heavy atom. The predicted octanol–water partition coefficient (Wildman–Crippen LogP) is -1.39. The summed E-state index contributed by atoms with van der Waals surface area (Å²) < 4.78 is 0. The molecule has 1 rings (SSSR count). The molecule has 1 aromatic rings. The zero-order valence-corrected chi connectivity index (χ0v) is 30.3. The van der Waals surface area contributed by atoms with E-state index < -0.39 is 83.8 Å². The molecule has 0 heterocycles.